The number of amides is 1. The molecule has 0 aliphatic carbocycles. The SMILES string of the molecule is O=C(NNCc1cc(F)cc(C(F)(F)F)c1)[C@@]1(C/C=C/c2ccccc2)N=C(c2ccc(OCCCO)cc2)O[C@H]1c1ccc(-c2ccccc2)cc1. The number of aliphatic hydroxyl groups excluding tert-OH is 1. The van der Waals surface area contributed by atoms with E-state index in [1.165, 1.54) is 0 Å². The van der Waals surface area contributed by atoms with Crippen LogP contribution < -0.4 is 15.6 Å². The monoisotopic (exact) mass is 723 g/mol. The first-order valence-electron chi connectivity index (χ1n) is 17.0. The molecule has 6 rings (SSSR count). The molecule has 0 saturated heterocycles. The zero-order valence-corrected chi connectivity index (χ0v) is 28.5. The molecule has 3 N–H and O–H groups in total. The summed E-state index contributed by atoms with van der Waals surface area (Å²) in [4.78, 5) is 19.4. The number of benzene rings is 5. The third kappa shape index (κ3) is 9.18. The third-order valence-corrected chi connectivity index (χ3v) is 8.67. The van der Waals surface area contributed by atoms with E-state index in [1.54, 1.807) is 24.3 Å². The molecule has 0 unspecified atom stereocenters. The molecule has 11 heteroatoms. The standard InChI is InChI=1S/C42H37F4N3O4/c43-36-26-30(25-35(27-36)42(44,45)46)28-47-49-40(51)41(22-7-11-29-9-3-1-4-10-29)38(33-16-14-32(15-17-33)31-12-5-2-6-13-31)53-39(48-41)34-18-20-37(21-19-34)52-24-8-23-50/h1-7,9-21,25-27,38,47,50H,8,22-24,28H2,(H,49,51)/b11-7+/t38-,41-/m0/s1. The van der Waals surface area contributed by atoms with Crippen LogP contribution in [0.15, 0.2) is 138 Å². The van der Waals surface area contributed by atoms with Crippen molar-refractivity contribution in [1.82, 2.24) is 10.9 Å². The number of ether oxygens (including phenoxy) is 2. The Kier molecular flexibility index (Phi) is 11.7. The Bertz CT molecular complexity index is 2040. The average molecular weight is 724 g/mol. The third-order valence-electron chi connectivity index (χ3n) is 8.67. The number of hydrogen-bond acceptors (Lipinski definition) is 6. The van der Waals surface area contributed by atoms with Gasteiger partial charge in [0.25, 0.3) is 5.91 Å². The lowest BCUT2D eigenvalue weighted by Crippen LogP contribution is -2.52. The van der Waals surface area contributed by atoms with Crippen LogP contribution in [0.1, 0.15) is 46.8 Å². The number of carbonyl (C=O) groups is 1. The highest BCUT2D eigenvalue weighted by Crippen LogP contribution is 2.43. The number of rotatable bonds is 14. The molecule has 0 fully saturated rings. The second-order valence-corrected chi connectivity index (χ2v) is 12.4. The Labute approximate surface area is 304 Å². The van der Waals surface area contributed by atoms with E-state index < -0.39 is 35.1 Å². The van der Waals surface area contributed by atoms with Crippen molar-refractivity contribution in [2.24, 2.45) is 4.99 Å². The number of hydrogen-bond donors (Lipinski definition) is 3. The summed E-state index contributed by atoms with van der Waals surface area (Å²) >= 11 is 0. The van der Waals surface area contributed by atoms with Crippen LogP contribution in [-0.2, 0) is 22.3 Å². The van der Waals surface area contributed by atoms with Gasteiger partial charge in [0, 0.05) is 31.6 Å². The predicted molar refractivity (Wildman–Crippen MR) is 195 cm³/mol. The lowest BCUT2D eigenvalue weighted by Gasteiger charge is -2.30. The van der Waals surface area contributed by atoms with E-state index in [9.17, 15) is 22.4 Å². The van der Waals surface area contributed by atoms with Crippen LogP contribution in [0.25, 0.3) is 17.2 Å². The Morgan fingerprint density at radius 2 is 1.53 bits per heavy atom. The maximum atomic E-state index is 14.5. The van der Waals surface area contributed by atoms with E-state index in [1.807, 2.05) is 97.1 Å². The van der Waals surface area contributed by atoms with Crippen molar-refractivity contribution < 1.29 is 36.9 Å². The molecule has 0 bridgehead atoms. The van der Waals surface area contributed by atoms with Gasteiger partial charge < -0.3 is 14.6 Å². The summed E-state index contributed by atoms with van der Waals surface area (Å²) in [5.41, 5.74) is 6.68. The van der Waals surface area contributed by atoms with Crippen molar-refractivity contribution >= 4 is 17.9 Å². The van der Waals surface area contributed by atoms with Gasteiger partial charge in [-0.15, -0.1) is 0 Å². The largest absolute Gasteiger partial charge is 0.494 e. The van der Waals surface area contributed by atoms with Crippen LogP contribution in [0, 0.1) is 5.82 Å². The molecule has 272 valence electrons. The molecule has 1 heterocycles. The van der Waals surface area contributed by atoms with Gasteiger partial charge in [0.15, 0.2) is 11.6 Å². The molecule has 1 aliphatic rings. The van der Waals surface area contributed by atoms with E-state index in [0.29, 0.717) is 36.0 Å². The smallest absolute Gasteiger partial charge is 0.416 e. The lowest BCUT2D eigenvalue weighted by molar-refractivity contribution is -0.138. The van der Waals surface area contributed by atoms with Gasteiger partial charge in [0.2, 0.25) is 5.90 Å². The first-order chi connectivity index (χ1) is 25.6. The van der Waals surface area contributed by atoms with Gasteiger partial charge in [-0.05, 0) is 70.3 Å². The molecule has 1 aliphatic heterocycles. The summed E-state index contributed by atoms with van der Waals surface area (Å²) in [5.74, 6) is -0.877. The number of halogens is 4. The average Bonchev–Trinajstić information content (AvgIpc) is 3.56. The Morgan fingerprint density at radius 3 is 2.21 bits per heavy atom. The number of aliphatic imine (C=N–C) groups is 1. The first kappa shape index (κ1) is 37.0. The summed E-state index contributed by atoms with van der Waals surface area (Å²) in [6.07, 6.45) is -1.42. The highest BCUT2D eigenvalue weighted by atomic mass is 19.4. The van der Waals surface area contributed by atoms with Crippen molar-refractivity contribution in [3.63, 3.8) is 0 Å². The van der Waals surface area contributed by atoms with Crippen LogP contribution in [0.3, 0.4) is 0 Å². The number of nitrogens with zero attached hydrogens (tertiary/aromatic N) is 1. The highest BCUT2D eigenvalue weighted by Gasteiger charge is 2.52. The number of hydrazine groups is 1. The van der Waals surface area contributed by atoms with Gasteiger partial charge in [0.1, 0.15) is 11.6 Å². The van der Waals surface area contributed by atoms with Crippen LogP contribution in [0.2, 0.25) is 0 Å². The molecule has 5 aromatic rings. The normalized spacial score (nSPS) is 17.0. The van der Waals surface area contributed by atoms with Crippen LogP contribution >= 0.6 is 0 Å². The summed E-state index contributed by atoms with van der Waals surface area (Å²) < 4.78 is 66.5. The minimum Gasteiger partial charge on any atom is -0.494 e. The van der Waals surface area contributed by atoms with Crippen LogP contribution in [0.4, 0.5) is 17.6 Å². The quantitative estimate of drug-likeness (QED) is 0.0608. The van der Waals surface area contributed by atoms with E-state index in [-0.39, 0.29) is 31.0 Å². The van der Waals surface area contributed by atoms with Gasteiger partial charge in [-0.25, -0.2) is 14.8 Å². The minimum absolute atomic E-state index is 0.00496. The lowest BCUT2D eigenvalue weighted by atomic mass is 9.84. The number of aliphatic hydroxyl groups is 1. The van der Waals surface area contributed by atoms with Gasteiger partial charge in [-0.2, -0.15) is 13.2 Å². The van der Waals surface area contributed by atoms with Crippen LogP contribution in [0.5, 0.6) is 5.75 Å². The molecule has 0 aromatic heterocycles. The van der Waals surface area contributed by atoms with Crippen molar-refractivity contribution in [3.05, 3.63) is 167 Å². The molecular formula is C42H37F4N3O4. The number of nitrogens with one attached hydrogen (secondary N) is 2. The van der Waals surface area contributed by atoms with Gasteiger partial charge in [-0.3, -0.25) is 10.2 Å². The topological polar surface area (TPSA) is 92.2 Å². The maximum Gasteiger partial charge on any atom is 0.416 e. The van der Waals surface area contributed by atoms with Crippen molar-refractivity contribution in [1.29, 1.82) is 0 Å². The maximum absolute atomic E-state index is 14.5. The van der Waals surface area contributed by atoms with Gasteiger partial charge in [-0.1, -0.05) is 97.1 Å². The fraction of sp³-hybridized carbons (Fsp3) is 0.190. The molecular weight excluding hydrogens is 686 g/mol. The zero-order chi connectivity index (χ0) is 37.3. The summed E-state index contributed by atoms with van der Waals surface area (Å²) in [7, 11) is 0. The summed E-state index contributed by atoms with van der Waals surface area (Å²) in [6, 6.07) is 36.2. The fourth-order valence-electron chi connectivity index (χ4n) is 5.99. The number of carbonyl (C=O) groups excluding carboxylic acids is 1. The van der Waals surface area contributed by atoms with Crippen LogP contribution in [-0.4, -0.2) is 35.7 Å². The summed E-state index contributed by atoms with van der Waals surface area (Å²) in [6.45, 7) is 0.0463. The first-order valence-corrected chi connectivity index (χ1v) is 17.0. The molecule has 2 atom stereocenters. The van der Waals surface area contributed by atoms with Crippen molar-refractivity contribution in [3.8, 4) is 16.9 Å². The minimum atomic E-state index is -4.74. The second kappa shape index (κ2) is 16.7. The van der Waals surface area contributed by atoms with E-state index >= 15 is 0 Å². The van der Waals surface area contributed by atoms with Crippen molar-refractivity contribution in [2.45, 2.75) is 37.2 Å². The molecule has 53 heavy (non-hydrogen) atoms. The Balaban J connectivity index is 1.35. The predicted octanol–water partition coefficient (Wildman–Crippen LogP) is 8.45. The molecule has 1 amide bonds. The second-order valence-electron chi connectivity index (χ2n) is 12.4. The van der Waals surface area contributed by atoms with Crippen molar-refractivity contribution in [2.75, 3.05) is 13.2 Å². The Morgan fingerprint density at radius 1 is 0.868 bits per heavy atom. The van der Waals surface area contributed by atoms with E-state index in [2.05, 4.69) is 10.9 Å². The Hall–Kier alpha value is -5.78. The molecule has 0 saturated carbocycles. The number of alkyl halides is 3. The van der Waals surface area contributed by atoms with Gasteiger partial charge in [0.05, 0.1) is 12.2 Å². The van der Waals surface area contributed by atoms with E-state index in [4.69, 9.17) is 19.6 Å². The highest BCUT2D eigenvalue weighted by molar-refractivity contribution is 6.01. The molecule has 7 nitrogen and oxygen atoms in total. The van der Waals surface area contributed by atoms with Gasteiger partial charge >= 0.3 is 6.18 Å². The molecule has 0 radical (unpaired) electrons. The molecule has 0 spiro atoms. The zero-order valence-electron chi connectivity index (χ0n) is 28.5. The summed E-state index contributed by atoms with van der Waals surface area (Å²) in [5, 5.41) is 9.10. The fourth-order valence-corrected chi connectivity index (χ4v) is 5.99. The van der Waals surface area contributed by atoms with E-state index in [0.717, 1.165) is 28.8 Å². The molecule has 5 aromatic carbocycles.